The number of para-hydroxylation sites is 1. The number of anilines is 2. The van der Waals surface area contributed by atoms with Crippen molar-refractivity contribution in [2.75, 3.05) is 11.1 Å². The maximum atomic E-state index is 12.1. The van der Waals surface area contributed by atoms with Gasteiger partial charge in [-0.25, -0.2) is 4.98 Å². The van der Waals surface area contributed by atoms with Crippen molar-refractivity contribution < 1.29 is 9.90 Å². The first-order valence-electron chi connectivity index (χ1n) is 5.61. The molecule has 20 heavy (non-hydrogen) atoms. The minimum atomic E-state index is -0.538. The Morgan fingerprint density at radius 1 is 1.40 bits per heavy atom. The summed E-state index contributed by atoms with van der Waals surface area (Å²) in [5.41, 5.74) is 6.71. The highest BCUT2D eigenvalue weighted by Crippen LogP contribution is 2.29. The number of aryl methyl sites for hydroxylation is 1. The Bertz CT molecular complexity index is 666. The summed E-state index contributed by atoms with van der Waals surface area (Å²) in [5, 5.41) is 12.7. The molecule has 0 radical (unpaired) electrons. The number of carbonyl (C=O) groups excluding carboxylic acids is 1. The lowest BCUT2D eigenvalue weighted by Gasteiger charge is -2.11. The number of carbonyl (C=O) groups is 1. The molecule has 0 aliphatic carbocycles. The highest BCUT2D eigenvalue weighted by Gasteiger charge is 2.16. The van der Waals surface area contributed by atoms with Crippen molar-refractivity contribution in [1.82, 2.24) is 4.98 Å². The summed E-state index contributed by atoms with van der Waals surface area (Å²) in [4.78, 5) is 16.0. The summed E-state index contributed by atoms with van der Waals surface area (Å²) in [6.45, 7) is 1.73. The third kappa shape index (κ3) is 2.79. The van der Waals surface area contributed by atoms with Crippen LogP contribution in [0.2, 0.25) is 10.3 Å². The molecule has 2 rings (SSSR count). The maximum Gasteiger partial charge on any atom is 0.259 e. The highest BCUT2D eigenvalue weighted by molar-refractivity contribution is 6.35. The lowest BCUT2D eigenvalue weighted by Crippen LogP contribution is -2.14. The van der Waals surface area contributed by atoms with Gasteiger partial charge in [-0.2, -0.15) is 0 Å². The summed E-state index contributed by atoms with van der Waals surface area (Å²) < 4.78 is 0. The minimum absolute atomic E-state index is 0.0513. The average molecular weight is 312 g/mol. The number of aromatic hydroxyl groups is 1. The first kappa shape index (κ1) is 14.4. The Balaban J connectivity index is 2.36. The van der Waals surface area contributed by atoms with Crippen LogP contribution in [0.1, 0.15) is 15.9 Å². The first-order chi connectivity index (χ1) is 9.40. The molecule has 1 aromatic carbocycles. The number of pyridine rings is 1. The van der Waals surface area contributed by atoms with Crippen LogP contribution in [-0.2, 0) is 0 Å². The van der Waals surface area contributed by atoms with Gasteiger partial charge in [0.1, 0.15) is 5.15 Å². The first-order valence-corrected chi connectivity index (χ1v) is 6.37. The maximum absolute atomic E-state index is 12.1. The molecule has 0 saturated heterocycles. The van der Waals surface area contributed by atoms with Gasteiger partial charge in [-0.05, 0) is 30.7 Å². The number of hydrogen-bond donors (Lipinski definition) is 3. The van der Waals surface area contributed by atoms with Gasteiger partial charge < -0.3 is 16.2 Å². The van der Waals surface area contributed by atoms with Crippen LogP contribution in [0.15, 0.2) is 24.3 Å². The van der Waals surface area contributed by atoms with Crippen LogP contribution in [-0.4, -0.2) is 16.0 Å². The molecular formula is C13H11Cl2N3O2. The standard InChI is InChI=1S/C13H11Cl2N3O2/c1-6-5-9(14)17-12(15)10(6)18-13(20)7-3-2-4-8(16)11(7)19/h2-5,19H,16H2,1H3,(H,18,20). The SMILES string of the molecule is Cc1cc(Cl)nc(Cl)c1NC(=O)c1cccc(N)c1O. The zero-order valence-electron chi connectivity index (χ0n) is 10.4. The lowest BCUT2D eigenvalue weighted by atomic mass is 10.1. The molecule has 5 nitrogen and oxygen atoms in total. The molecule has 0 saturated carbocycles. The molecule has 2 aromatic rings. The van der Waals surface area contributed by atoms with Crippen molar-refractivity contribution in [3.63, 3.8) is 0 Å². The zero-order valence-corrected chi connectivity index (χ0v) is 12.0. The van der Waals surface area contributed by atoms with Gasteiger partial charge in [-0.15, -0.1) is 0 Å². The number of phenolic OH excluding ortho intramolecular Hbond substituents is 1. The van der Waals surface area contributed by atoms with E-state index in [2.05, 4.69) is 10.3 Å². The van der Waals surface area contributed by atoms with Crippen LogP contribution in [0, 0.1) is 6.92 Å². The van der Waals surface area contributed by atoms with E-state index in [0.29, 0.717) is 11.3 Å². The summed E-state index contributed by atoms with van der Waals surface area (Å²) >= 11 is 11.7. The van der Waals surface area contributed by atoms with E-state index in [0.717, 1.165) is 0 Å². The number of amides is 1. The van der Waals surface area contributed by atoms with Gasteiger partial charge in [0.15, 0.2) is 10.9 Å². The van der Waals surface area contributed by atoms with E-state index in [4.69, 9.17) is 28.9 Å². The average Bonchev–Trinajstić information content (AvgIpc) is 2.36. The van der Waals surface area contributed by atoms with E-state index in [9.17, 15) is 9.90 Å². The van der Waals surface area contributed by atoms with Crippen LogP contribution in [0.4, 0.5) is 11.4 Å². The second kappa shape index (κ2) is 5.56. The molecule has 0 unspecified atom stereocenters. The van der Waals surface area contributed by atoms with Gasteiger partial charge in [0, 0.05) is 0 Å². The van der Waals surface area contributed by atoms with Gasteiger partial charge in [0.05, 0.1) is 16.9 Å². The lowest BCUT2D eigenvalue weighted by molar-refractivity contribution is 0.102. The molecule has 0 spiro atoms. The number of hydrogen-bond acceptors (Lipinski definition) is 4. The fourth-order valence-corrected chi connectivity index (χ4v) is 2.25. The van der Waals surface area contributed by atoms with Crippen molar-refractivity contribution in [2.24, 2.45) is 0 Å². The van der Waals surface area contributed by atoms with Gasteiger partial charge in [-0.1, -0.05) is 29.3 Å². The molecule has 104 valence electrons. The van der Waals surface area contributed by atoms with Crippen LogP contribution >= 0.6 is 23.2 Å². The van der Waals surface area contributed by atoms with Gasteiger partial charge in [-0.3, -0.25) is 4.79 Å². The fraction of sp³-hybridized carbons (Fsp3) is 0.0769. The largest absolute Gasteiger partial charge is 0.505 e. The van der Waals surface area contributed by atoms with Crippen LogP contribution < -0.4 is 11.1 Å². The minimum Gasteiger partial charge on any atom is -0.505 e. The van der Waals surface area contributed by atoms with Gasteiger partial charge >= 0.3 is 0 Å². The molecule has 1 amide bonds. The molecule has 4 N–H and O–H groups in total. The topological polar surface area (TPSA) is 88.2 Å². The molecule has 0 fully saturated rings. The Hall–Kier alpha value is -1.98. The van der Waals surface area contributed by atoms with E-state index in [1.54, 1.807) is 19.1 Å². The number of nitrogens with two attached hydrogens (primary N) is 1. The van der Waals surface area contributed by atoms with E-state index < -0.39 is 5.91 Å². The fourth-order valence-electron chi connectivity index (χ4n) is 1.67. The molecule has 1 heterocycles. The molecular weight excluding hydrogens is 301 g/mol. The number of nitrogen functional groups attached to an aromatic ring is 1. The van der Waals surface area contributed by atoms with E-state index in [-0.39, 0.29) is 27.3 Å². The van der Waals surface area contributed by atoms with Crippen LogP contribution in [0.5, 0.6) is 5.75 Å². The number of rotatable bonds is 2. The van der Waals surface area contributed by atoms with Crippen molar-refractivity contribution in [3.8, 4) is 5.75 Å². The smallest absolute Gasteiger partial charge is 0.259 e. The van der Waals surface area contributed by atoms with Crippen molar-refractivity contribution in [2.45, 2.75) is 6.92 Å². The normalized spacial score (nSPS) is 10.3. The Morgan fingerprint density at radius 2 is 2.10 bits per heavy atom. The molecule has 0 bridgehead atoms. The summed E-state index contributed by atoms with van der Waals surface area (Å²) in [7, 11) is 0. The van der Waals surface area contributed by atoms with Crippen molar-refractivity contribution >= 4 is 40.5 Å². The summed E-state index contributed by atoms with van der Waals surface area (Å²) in [6, 6.07) is 6.09. The van der Waals surface area contributed by atoms with Crippen molar-refractivity contribution in [3.05, 3.63) is 45.7 Å². The van der Waals surface area contributed by atoms with E-state index >= 15 is 0 Å². The Morgan fingerprint density at radius 3 is 2.75 bits per heavy atom. The second-order valence-corrected chi connectivity index (χ2v) is 4.87. The number of benzene rings is 1. The Labute approximate surface area is 125 Å². The predicted octanol–water partition coefficient (Wildman–Crippen LogP) is 3.24. The third-order valence-corrected chi connectivity index (χ3v) is 3.16. The van der Waals surface area contributed by atoms with Gasteiger partial charge in [0.25, 0.3) is 5.91 Å². The molecule has 0 atom stereocenters. The highest BCUT2D eigenvalue weighted by atomic mass is 35.5. The molecule has 0 aliphatic heterocycles. The molecule has 0 aliphatic rings. The van der Waals surface area contributed by atoms with Crippen LogP contribution in [0.3, 0.4) is 0 Å². The quantitative estimate of drug-likeness (QED) is 0.451. The monoisotopic (exact) mass is 311 g/mol. The van der Waals surface area contributed by atoms with Crippen molar-refractivity contribution in [1.29, 1.82) is 0 Å². The number of halogens is 2. The number of aromatic nitrogens is 1. The molecule has 1 aromatic heterocycles. The van der Waals surface area contributed by atoms with E-state index in [1.807, 2.05) is 0 Å². The van der Waals surface area contributed by atoms with Crippen LogP contribution in [0.25, 0.3) is 0 Å². The second-order valence-electron chi connectivity index (χ2n) is 4.13. The third-order valence-electron chi connectivity index (χ3n) is 2.69. The summed E-state index contributed by atoms with van der Waals surface area (Å²) in [6.07, 6.45) is 0. The number of nitrogens with zero attached hydrogens (tertiary/aromatic N) is 1. The van der Waals surface area contributed by atoms with E-state index in [1.165, 1.54) is 12.1 Å². The Kier molecular flexibility index (Phi) is 4.01. The number of phenols is 1. The summed E-state index contributed by atoms with van der Waals surface area (Å²) in [5.74, 6) is -0.815. The predicted molar refractivity (Wildman–Crippen MR) is 79.5 cm³/mol. The molecule has 7 heteroatoms. The number of nitrogens with one attached hydrogen (secondary N) is 1. The zero-order chi connectivity index (χ0) is 14.9. The van der Waals surface area contributed by atoms with Gasteiger partial charge in [0.2, 0.25) is 0 Å².